The minimum Gasteiger partial charge on any atom is -0.318 e. The minimum absolute atomic E-state index is 0.0253. The van der Waals surface area contributed by atoms with E-state index in [4.69, 9.17) is 5.26 Å². The first-order valence-corrected chi connectivity index (χ1v) is 8.35. The molecule has 0 saturated carbocycles. The zero-order chi connectivity index (χ0) is 19.8. The van der Waals surface area contributed by atoms with Crippen LogP contribution in [0.5, 0.6) is 0 Å². The van der Waals surface area contributed by atoms with Crippen molar-refractivity contribution in [2.75, 3.05) is 0 Å². The Morgan fingerprint density at radius 1 is 1.14 bits per heavy atom. The van der Waals surface area contributed by atoms with Crippen LogP contribution in [0.2, 0.25) is 0 Å². The van der Waals surface area contributed by atoms with Gasteiger partial charge in [0.1, 0.15) is 17.5 Å². The van der Waals surface area contributed by atoms with Crippen molar-refractivity contribution in [3.8, 4) is 11.8 Å². The number of nitrogens with zero attached hydrogens (tertiary/aromatic N) is 5. The van der Waals surface area contributed by atoms with Crippen LogP contribution in [0.1, 0.15) is 17.0 Å². The maximum absolute atomic E-state index is 14.2. The molecule has 0 aliphatic heterocycles. The molecule has 0 saturated heterocycles. The topological polar surface area (TPSA) is 76.5 Å². The van der Waals surface area contributed by atoms with Crippen molar-refractivity contribution in [3.05, 3.63) is 87.7 Å². The van der Waals surface area contributed by atoms with Crippen LogP contribution in [0.3, 0.4) is 0 Å². The molecule has 138 valence electrons. The van der Waals surface area contributed by atoms with Gasteiger partial charge in [-0.15, -0.1) is 0 Å². The number of nitriles is 1. The third kappa shape index (κ3) is 2.93. The van der Waals surface area contributed by atoms with Crippen LogP contribution < -0.4 is 5.56 Å². The normalized spacial score (nSPS) is 10.9. The van der Waals surface area contributed by atoms with Gasteiger partial charge in [-0.05, 0) is 35.9 Å². The van der Waals surface area contributed by atoms with E-state index in [-0.39, 0.29) is 23.3 Å². The van der Waals surface area contributed by atoms with E-state index in [2.05, 4.69) is 9.97 Å². The molecule has 4 rings (SSSR count). The molecule has 0 fully saturated rings. The fourth-order valence-electron chi connectivity index (χ4n) is 3.01. The molecule has 0 aliphatic carbocycles. The number of hydrogen-bond acceptors (Lipinski definition) is 4. The standard InChI is InChI=1S/C20H13F2N5O/c1-26-11-24-18-19(26)25-17(8-13-4-5-14(21)9-16(13)22)27(20(18)28)15-6-2-12(10-23)3-7-15/h2-7,9,11H,8H2,1H3. The average Bonchev–Trinajstić information content (AvgIpc) is 3.06. The molecule has 2 heterocycles. The maximum Gasteiger partial charge on any atom is 0.286 e. The van der Waals surface area contributed by atoms with Gasteiger partial charge in [0.05, 0.1) is 23.6 Å². The first kappa shape index (κ1) is 17.5. The summed E-state index contributed by atoms with van der Waals surface area (Å²) in [5, 5.41) is 8.98. The van der Waals surface area contributed by atoms with Crippen molar-refractivity contribution in [3.63, 3.8) is 0 Å². The Bertz CT molecular complexity index is 1300. The van der Waals surface area contributed by atoms with Crippen LogP contribution in [-0.2, 0) is 13.5 Å². The van der Waals surface area contributed by atoms with E-state index in [0.29, 0.717) is 16.9 Å². The number of aromatic nitrogens is 4. The van der Waals surface area contributed by atoms with Gasteiger partial charge in [-0.2, -0.15) is 5.26 Å². The number of benzene rings is 2. The summed E-state index contributed by atoms with van der Waals surface area (Å²) in [5.74, 6) is -1.12. The SMILES string of the molecule is Cn1cnc2c(=O)n(-c3ccc(C#N)cc3)c(Cc3ccc(F)cc3F)nc21. The Kier molecular flexibility index (Phi) is 4.20. The van der Waals surface area contributed by atoms with Crippen molar-refractivity contribution in [2.45, 2.75) is 6.42 Å². The number of halogens is 2. The number of rotatable bonds is 3. The maximum atomic E-state index is 14.2. The van der Waals surface area contributed by atoms with Crippen molar-refractivity contribution in [2.24, 2.45) is 7.05 Å². The van der Waals surface area contributed by atoms with Gasteiger partial charge in [0.25, 0.3) is 5.56 Å². The summed E-state index contributed by atoms with van der Waals surface area (Å²) in [6, 6.07) is 11.7. The fraction of sp³-hybridized carbons (Fsp3) is 0.100. The zero-order valence-corrected chi connectivity index (χ0v) is 14.7. The van der Waals surface area contributed by atoms with Gasteiger partial charge in [0, 0.05) is 19.5 Å². The van der Waals surface area contributed by atoms with Crippen LogP contribution in [0.25, 0.3) is 16.9 Å². The molecule has 2 aromatic carbocycles. The van der Waals surface area contributed by atoms with Crippen LogP contribution in [-0.4, -0.2) is 19.1 Å². The van der Waals surface area contributed by atoms with Crippen molar-refractivity contribution >= 4 is 11.2 Å². The van der Waals surface area contributed by atoms with Crippen molar-refractivity contribution in [1.82, 2.24) is 19.1 Å². The lowest BCUT2D eigenvalue weighted by molar-refractivity contribution is 0.573. The lowest BCUT2D eigenvalue weighted by atomic mass is 10.1. The fourth-order valence-corrected chi connectivity index (χ4v) is 3.01. The Morgan fingerprint density at radius 3 is 2.57 bits per heavy atom. The molecule has 6 nitrogen and oxygen atoms in total. The summed E-state index contributed by atoms with van der Waals surface area (Å²) in [4.78, 5) is 21.7. The van der Waals surface area contributed by atoms with Gasteiger partial charge in [-0.1, -0.05) is 6.07 Å². The Morgan fingerprint density at radius 2 is 1.89 bits per heavy atom. The third-order valence-electron chi connectivity index (χ3n) is 4.42. The van der Waals surface area contributed by atoms with Crippen molar-refractivity contribution in [1.29, 1.82) is 5.26 Å². The van der Waals surface area contributed by atoms with E-state index < -0.39 is 17.2 Å². The largest absolute Gasteiger partial charge is 0.318 e. The highest BCUT2D eigenvalue weighted by Gasteiger charge is 2.17. The van der Waals surface area contributed by atoms with Crippen molar-refractivity contribution < 1.29 is 8.78 Å². The summed E-state index contributed by atoms with van der Waals surface area (Å²) in [6.45, 7) is 0. The minimum atomic E-state index is -0.717. The molecular weight excluding hydrogens is 364 g/mol. The molecule has 0 bridgehead atoms. The second-order valence-corrected chi connectivity index (χ2v) is 6.27. The van der Waals surface area contributed by atoms with Gasteiger partial charge < -0.3 is 4.57 Å². The summed E-state index contributed by atoms with van der Waals surface area (Å²) in [5.41, 5.74) is 1.25. The highest BCUT2D eigenvalue weighted by molar-refractivity contribution is 5.70. The van der Waals surface area contributed by atoms with Gasteiger partial charge in [0.15, 0.2) is 11.2 Å². The lowest BCUT2D eigenvalue weighted by Gasteiger charge is -2.13. The van der Waals surface area contributed by atoms with Crippen LogP contribution in [0.4, 0.5) is 8.78 Å². The quantitative estimate of drug-likeness (QED) is 0.550. The smallest absolute Gasteiger partial charge is 0.286 e. The van der Waals surface area contributed by atoms with Gasteiger partial charge in [-0.25, -0.2) is 18.7 Å². The Hall–Kier alpha value is -3.86. The summed E-state index contributed by atoms with van der Waals surface area (Å²) < 4.78 is 30.4. The molecule has 0 atom stereocenters. The van der Waals surface area contributed by atoms with E-state index in [1.807, 2.05) is 6.07 Å². The van der Waals surface area contributed by atoms with Crippen LogP contribution in [0.15, 0.2) is 53.6 Å². The lowest BCUT2D eigenvalue weighted by Crippen LogP contribution is -2.24. The Balaban J connectivity index is 1.95. The van der Waals surface area contributed by atoms with Gasteiger partial charge in [-0.3, -0.25) is 9.36 Å². The van der Waals surface area contributed by atoms with Gasteiger partial charge >= 0.3 is 0 Å². The molecule has 0 amide bonds. The zero-order valence-electron chi connectivity index (χ0n) is 14.7. The Labute approximate surface area is 157 Å². The number of imidazole rings is 1. The monoisotopic (exact) mass is 377 g/mol. The highest BCUT2D eigenvalue weighted by atomic mass is 19.1. The first-order chi connectivity index (χ1) is 13.5. The number of hydrogen-bond donors (Lipinski definition) is 0. The number of aryl methyl sites for hydroxylation is 1. The molecule has 28 heavy (non-hydrogen) atoms. The molecule has 0 N–H and O–H groups in total. The summed E-state index contributed by atoms with van der Waals surface area (Å²) in [6.07, 6.45) is 1.45. The summed E-state index contributed by atoms with van der Waals surface area (Å²) >= 11 is 0. The molecule has 0 radical (unpaired) electrons. The van der Waals surface area contributed by atoms with E-state index in [1.54, 1.807) is 35.9 Å². The second-order valence-electron chi connectivity index (χ2n) is 6.27. The van der Waals surface area contributed by atoms with E-state index in [1.165, 1.54) is 17.0 Å². The molecule has 8 heteroatoms. The van der Waals surface area contributed by atoms with E-state index >= 15 is 0 Å². The average molecular weight is 377 g/mol. The first-order valence-electron chi connectivity index (χ1n) is 8.35. The molecule has 2 aromatic heterocycles. The molecule has 0 aliphatic rings. The van der Waals surface area contributed by atoms with E-state index in [9.17, 15) is 13.6 Å². The molecule has 0 spiro atoms. The second kappa shape index (κ2) is 6.70. The molecule has 4 aromatic rings. The molecular formula is C20H13F2N5O. The third-order valence-corrected chi connectivity index (χ3v) is 4.42. The van der Waals surface area contributed by atoms with Crippen LogP contribution >= 0.6 is 0 Å². The van der Waals surface area contributed by atoms with Crippen LogP contribution in [0, 0.1) is 23.0 Å². The molecule has 0 unspecified atom stereocenters. The van der Waals surface area contributed by atoms with E-state index in [0.717, 1.165) is 12.1 Å². The highest BCUT2D eigenvalue weighted by Crippen LogP contribution is 2.18. The van der Waals surface area contributed by atoms with Gasteiger partial charge in [0.2, 0.25) is 0 Å². The predicted molar refractivity (Wildman–Crippen MR) is 98.0 cm³/mol. The number of fused-ring (bicyclic) bond motifs is 1. The predicted octanol–water partition coefficient (Wildman–Crippen LogP) is 2.86. The summed E-state index contributed by atoms with van der Waals surface area (Å²) in [7, 11) is 1.70.